The van der Waals surface area contributed by atoms with E-state index < -0.39 is 18.1 Å². The molecular formula is C20H21F3N2O. The first-order chi connectivity index (χ1) is 12.4. The lowest BCUT2D eigenvalue weighted by Crippen LogP contribution is -2.63. The van der Waals surface area contributed by atoms with Crippen molar-refractivity contribution in [3.8, 4) is 0 Å². The number of amides is 1. The van der Waals surface area contributed by atoms with Gasteiger partial charge < -0.3 is 4.90 Å². The normalized spacial score (nSPS) is 15.7. The van der Waals surface area contributed by atoms with Crippen LogP contribution in [-0.2, 0) is 4.79 Å². The van der Waals surface area contributed by atoms with Crippen molar-refractivity contribution in [1.82, 2.24) is 9.80 Å². The molecule has 1 heterocycles. The van der Waals surface area contributed by atoms with E-state index in [-0.39, 0.29) is 12.6 Å². The summed E-state index contributed by atoms with van der Waals surface area (Å²) in [4.78, 5) is 14.7. The molecule has 2 aromatic rings. The van der Waals surface area contributed by atoms with Gasteiger partial charge in [-0.1, -0.05) is 60.7 Å². The van der Waals surface area contributed by atoms with Gasteiger partial charge in [0.15, 0.2) is 0 Å². The Kier molecular flexibility index (Phi) is 5.32. The number of hydrogen-bond acceptors (Lipinski definition) is 2. The second-order valence-corrected chi connectivity index (χ2v) is 6.42. The van der Waals surface area contributed by atoms with Gasteiger partial charge in [-0.25, -0.2) is 0 Å². The van der Waals surface area contributed by atoms with E-state index in [0.29, 0.717) is 13.1 Å². The van der Waals surface area contributed by atoms with Crippen molar-refractivity contribution < 1.29 is 18.0 Å². The number of rotatable bonds is 5. The van der Waals surface area contributed by atoms with E-state index >= 15 is 0 Å². The Morgan fingerprint density at radius 3 is 1.88 bits per heavy atom. The van der Waals surface area contributed by atoms with Crippen molar-refractivity contribution in [3.63, 3.8) is 0 Å². The Balaban J connectivity index is 1.78. The Hall–Kier alpha value is -2.34. The summed E-state index contributed by atoms with van der Waals surface area (Å²) in [7, 11) is 0. The summed E-state index contributed by atoms with van der Waals surface area (Å²) in [6.45, 7) is 2.48. The van der Waals surface area contributed by atoms with Crippen LogP contribution in [0.4, 0.5) is 13.2 Å². The molecule has 1 aliphatic heterocycles. The molecule has 138 valence electrons. The van der Waals surface area contributed by atoms with Crippen molar-refractivity contribution in [1.29, 1.82) is 0 Å². The number of carbonyl (C=O) groups is 1. The topological polar surface area (TPSA) is 23.6 Å². The minimum absolute atomic E-state index is 0.0339. The van der Waals surface area contributed by atoms with Gasteiger partial charge in [-0.15, -0.1) is 0 Å². The van der Waals surface area contributed by atoms with Crippen molar-refractivity contribution in [3.05, 3.63) is 71.8 Å². The largest absolute Gasteiger partial charge is 0.471 e. The fourth-order valence-electron chi connectivity index (χ4n) is 3.51. The van der Waals surface area contributed by atoms with E-state index in [9.17, 15) is 18.0 Å². The first-order valence-corrected chi connectivity index (χ1v) is 8.63. The monoisotopic (exact) mass is 362 g/mol. The van der Waals surface area contributed by atoms with Crippen LogP contribution in [0.1, 0.15) is 24.1 Å². The molecule has 1 aliphatic rings. The van der Waals surface area contributed by atoms with Crippen LogP contribution < -0.4 is 0 Å². The van der Waals surface area contributed by atoms with Crippen molar-refractivity contribution in [2.45, 2.75) is 25.2 Å². The number of likely N-dealkylation sites (N-methyl/N-ethyl adjacent to an activating group) is 1. The lowest BCUT2D eigenvalue weighted by molar-refractivity contribution is -0.191. The van der Waals surface area contributed by atoms with Crippen molar-refractivity contribution >= 4 is 5.91 Å². The molecule has 0 radical (unpaired) electrons. The van der Waals surface area contributed by atoms with Gasteiger partial charge in [0, 0.05) is 19.6 Å². The highest BCUT2D eigenvalue weighted by Crippen LogP contribution is 2.34. The number of halogens is 3. The molecule has 0 saturated carbocycles. The molecule has 0 N–H and O–H groups in total. The number of benzene rings is 2. The maximum atomic E-state index is 12.8. The molecule has 2 aromatic carbocycles. The third kappa shape index (κ3) is 3.75. The molecule has 26 heavy (non-hydrogen) atoms. The number of carbonyl (C=O) groups excluding carboxylic acids is 1. The smallest absolute Gasteiger partial charge is 0.330 e. The lowest BCUT2D eigenvalue weighted by Gasteiger charge is -2.49. The zero-order valence-corrected chi connectivity index (χ0v) is 14.5. The van der Waals surface area contributed by atoms with E-state index in [1.54, 1.807) is 6.92 Å². The van der Waals surface area contributed by atoms with Crippen LogP contribution in [0.5, 0.6) is 0 Å². The number of alkyl halides is 3. The zero-order chi connectivity index (χ0) is 18.7. The summed E-state index contributed by atoms with van der Waals surface area (Å²) in [5.74, 6) is -1.75. The second kappa shape index (κ2) is 7.50. The van der Waals surface area contributed by atoms with Crippen molar-refractivity contribution in [2.24, 2.45) is 0 Å². The van der Waals surface area contributed by atoms with E-state index in [0.717, 1.165) is 16.0 Å². The first-order valence-electron chi connectivity index (χ1n) is 8.63. The predicted molar refractivity (Wildman–Crippen MR) is 93.5 cm³/mol. The molecule has 0 bridgehead atoms. The fourth-order valence-corrected chi connectivity index (χ4v) is 3.51. The Morgan fingerprint density at radius 1 is 1.04 bits per heavy atom. The summed E-state index contributed by atoms with van der Waals surface area (Å²) in [6, 6.07) is 19.3. The van der Waals surface area contributed by atoms with E-state index in [4.69, 9.17) is 0 Å². The highest BCUT2D eigenvalue weighted by molar-refractivity contribution is 5.82. The van der Waals surface area contributed by atoms with Crippen LogP contribution in [0.15, 0.2) is 60.7 Å². The van der Waals surface area contributed by atoms with Crippen LogP contribution in [0.3, 0.4) is 0 Å². The molecule has 3 rings (SSSR count). The van der Waals surface area contributed by atoms with Gasteiger partial charge in [0.2, 0.25) is 0 Å². The van der Waals surface area contributed by atoms with Crippen molar-refractivity contribution in [2.75, 3.05) is 19.6 Å². The average Bonchev–Trinajstić information content (AvgIpc) is 2.60. The minimum atomic E-state index is -4.82. The molecule has 3 nitrogen and oxygen atoms in total. The molecule has 1 amide bonds. The van der Waals surface area contributed by atoms with Gasteiger partial charge in [0.05, 0.1) is 12.1 Å². The lowest BCUT2D eigenvalue weighted by atomic mass is 9.92. The highest BCUT2D eigenvalue weighted by atomic mass is 19.4. The number of likely N-dealkylation sites (tertiary alicyclic amines) is 1. The van der Waals surface area contributed by atoms with E-state index in [1.807, 2.05) is 60.7 Å². The SMILES string of the molecule is CCN(C(=O)C(F)(F)F)C1CN(C(c2ccccc2)c2ccccc2)C1. The van der Waals surface area contributed by atoms with Gasteiger partial charge in [-0.05, 0) is 18.1 Å². The third-order valence-electron chi connectivity index (χ3n) is 4.77. The molecular weight excluding hydrogens is 341 g/mol. The summed E-state index contributed by atoms with van der Waals surface area (Å²) >= 11 is 0. The number of hydrogen-bond donors (Lipinski definition) is 0. The molecule has 0 aliphatic carbocycles. The maximum Gasteiger partial charge on any atom is 0.471 e. The van der Waals surface area contributed by atoms with E-state index in [2.05, 4.69) is 4.90 Å². The standard InChI is InChI=1S/C20H21F3N2O/c1-2-25(19(26)20(21,22)23)17-13-24(14-17)18(15-9-5-3-6-10-15)16-11-7-4-8-12-16/h3-12,17-18H,2,13-14H2,1H3. The minimum Gasteiger partial charge on any atom is -0.330 e. The first kappa shape index (κ1) is 18.5. The van der Waals surface area contributed by atoms with Gasteiger partial charge in [-0.2, -0.15) is 13.2 Å². The van der Waals surface area contributed by atoms with Gasteiger partial charge in [0.1, 0.15) is 0 Å². The molecule has 0 aromatic heterocycles. The highest BCUT2D eigenvalue weighted by Gasteiger charge is 2.47. The summed E-state index contributed by atoms with van der Waals surface area (Å²) in [6.07, 6.45) is -4.82. The third-order valence-corrected chi connectivity index (χ3v) is 4.77. The summed E-state index contributed by atoms with van der Waals surface area (Å²) < 4.78 is 38.4. The predicted octanol–water partition coefficient (Wildman–Crippen LogP) is 3.87. The van der Waals surface area contributed by atoms with Crippen LogP contribution in [0.2, 0.25) is 0 Å². The Labute approximate surface area is 151 Å². The molecule has 1 fully saturated rings. The number of nitrogens with zero attached hydrogens (tertiary/aromatic N) is 2. The molecule has 0 spiro atoms. The van der Waals surface area contributed by atoms with E-state index in [1.165, 1.54) is 0 Å². The summed E-state index contributed by atoms with van der Waals surface area (Å²) in [5, 5.41) is 0. The summed E-state index contributed by atoms with van der Waals surface area (Å²) in [5.41, 5.74) is 2.17. The fraction of sp³-hybridized carbons (Fsp3) is 0.350. The van der Waals surface area contributed by atoms with Crippen LogP contribution in [0, 0.1) is 0 Å². The zero-order valence-electron chi connectivity index (χ0n) is 14.5. The van der Waals surface area contributed by atoms with Gasteiger partial charge in [0.25, 0.3) is 0 Å². The Bertz CT molecular complexity index is 688. The van der Waals surface area contributed by atoms with Crippen LogP contribution in [0.25, 0.3) is 0 Å². The quantitative estimate of drug-likeness (QED) is 0.806. The van der Waals surface area contributed by atoms with Crippen LogP contribution in [-0.4, -0.2) is 47.6 Å². The molecule has 1 saturated heterocycles. The van der Waals surface area contributed by atoms with Gasteiger partial charge >= 0.3 is 12.1 Å². The second-order valence-electron chi connectivity index (χ2n) is 6.42. The Morgan fingerprint density at radius 2 is 1.50 bits per heavy atom. The maximum absolute atomic E-state index is 12.8. The molecule has 0 atom stereocenters. The molecule has 0 unspecified atom stereocenters. The van der Waals surface area contributed by atoms with Crippen LogP contribution >= 0.6 is 0 Å². The average molecular weight is 362 g/mol. The van der Waals surface area contributed by atoms with Gasteiger partial charge in [-0.3, -0.25) is 9.69 Å². The molecule has 6 heteroatoms.